The van der Waals surface area contributed by atoms with Crippen LogP contribution in [0.15, 0.2) is 18.2 Å². The molecule has 1 aliphatic rings. The number of hydrogen-bond donors (Lipinski definition) is 1. The molecule has 27 heavy (non-hydrogen) atoms. The molecule has 0 spiro atoms. The highest BCUT2D eigenvalue weighted by atomic mass is 16.5. The minimum Gasteiger partial charge on any atom is -0.449 e. The summed E-state index contributed by atoms with van der Waals surface area (Å²) in [4.78, 5) is 33.8. The summed E-state index contributed by atoms with van der Waals surface area (Å²) >= 11 is 0. The van der Waals surface area contributed by atoms with E-state index in [4.69, 9.17) is 4.74 Å². The van der Waals surface area contributed by atoms with Crippen molar-refractivity contribution >= 4 is 22.9 Å². The van der Waals surface area contributed by atoms with Gasteiger partial charge in [-0.25, -0.2) is 14.8 Å². The molecule has 0 aliphatic heterocycles. The number of carbonyl (C=O) groups is 2. The lowest BCUT2D eigenvalue weighted by atomic mass is 9.86. The van der Waals surface area contributed by atoms with Crippen molar-refractivity contribution in [1.82, 2.24) is 15.3 Å². The number of rotatable bonds is 4. The molecule has 1 fully saturated rings. The van der Waals surface area contributed by atoms with Gasteiger partial charge in [0.05, 0.1) is 28.0 Å². The van der Waals surface area contributed by atoms with Gasteiger partial charge >= 0.3 is 5.97 Å². The van der Waals surface area contributed by atoms with Crippen molar-refractivity contribution in [3.63, 3.8) is 0 Å². The molecule has 6 heteroatoms. The van der Waals surface area contributed by atoms with E-state index in [0.29, 0.717) is 17.0 Å². The monoisotopic (exact) mass is 369 g/mol. The van der Waals surface area contributed by atoms with Crippen molar-refractivity contribution in [2.45, 2.75) is 65.5 Å². The molecule has 6 nitrogen and oxygen atoms in total. The molecular weight excluding hydrogens is 342 g/mol. The van der Waals surface area contributed by atoms with Gasteiger partial charge in [-0.15, -0.1) is 0 Å². The zero-order valence-electron chi connectivity index (χ0n) is 16.4. The fraction of sp³-hybridized carbons (Fsp3) is 0.524. The molecule has 1 aromatic heterocycles. The van der Waals surface area contributed by atoms with Gasteiger partial charge in [0.15, 0.2) is 6.10 Å². The number of aryl methyl sites for hydroxylation is 2. The Labute approximate surface area is 159 Å². The molecule has 0 bridgehead atoms. The van der Waals surface area contributed by atoms with Gasteiger partial charge < -0.3 is 10.1 Å². The van der Waals surface area contributed by atoms with E-state index >= 15 is 0 Å². The van der Waals surface area contributed by atoms with Crippen molar-refractivity contribution in [1.29, 1.82) is 0 Å². The number of hydrogen-bond acceptors (Lipinski definition) is 5. The smallest absolute Gasteiger partial charge is 0.338 e. The SMILES string of the molecule is Cc1nc2ccc(C(=O)O[C@H](C)C(=O)N[C@@H]3CCCC[C@@H]3C)cc2nc1C. The number of fused-ring (bicyclic) bond motifs is 1. The minimum atomic E-state index is -0.840. The van der Waals surface area contributed by atoms with Gasteiger partial charge in [-0.05, 0) is 57.7 Å². The van der Waals surface area contributed by atoms with Crippen LogP contribution in [0.4, 0.5) is 0 Å². The van der Waals surface area contributed by atoms with Crippen LogP contribution in [-0.4, -0.2) is 34.0 Å². The highest BCUT2D eigenvalue weighted by Gasteiger charge is 2.26. The average molecular weight is 369 g/mol. The standard InChI is InChI=1S/C21H27N3O3/c1-12-7-5-6-8-17(12)24-20(25)15(4)27-21(26)16-9-10-18-19(11-16)23-14(3)13(2)22-18/h9-12,15,17H,5-8H2,1-4H3,(H,24,25)/t12-,15+,17+/m0/s1. The average Bonchev–Trinajstić information content (AvgIpc) is 2.64. The Bertz CT molecular complexity index is 865. The Kier molecular flexibility index (Phi) is 5.73. The first-order valence-electron chi connectivity index (χ1n) is 9.61. The zero-order valence-corrected chi connectivity index (χ0v) is 16.4. The minimum absolute atomic E-state index is 0.162. The maximum atomic E-state index is 12.5. The van der Waals surface area contributed by atoms with Gasteiger partial charge in [-0.1, -0.05) is 19.8 Å². The molecule has 3 atom stereocenters. The number of carbonyl (C=O) groups excluding carboxylic acids is 2. The fourth-order valence-corrected chi connectivity index (χ4v) is 3.47. The molecule has 1 amide bonds. The quantitative estimate of drug-likeness (QED) is 0.835. The maximum absolute atomic E-state index is 12.5. The van der Waals surface area contributed by atoms with E-state index in [0.717, 1.165) is 36.2 Å². The summed E-state index contributed by atoms with van der Waals surface area (Å²) in [5, 5.41) is 3.03. The predicted molar refractivity (Wildman–Crippen MR) is 103 cm³/mol. The molecule has 1 saturated carbocycles. The maximum Gasteiger partial charge on any atom is 0.338 e. The molecule has 0 unspecified atom stereocenters. The second-order valence-corrected chi connectivity index (χ2v) is 7.52. The van der Waals surface area contributed by atoms with Gasteiger partial charge in [0.2, 0.25) is 0 Å². The molecule has 1 aliphatic carbocycles. The van der Waals surface area contributed by atoms with Crippen LogP contribution < -0.4 is 5.32 Å². The van der Waals surface area contributed by atoms with E-state index in [1.807, 2.05) is 13.8 Å². The van der Waals surface area contributed by atoms with Crippen molar-refractivity contribution in [2.24, 2.45) is 5.92 Å². The lowest BCUT2D eigenvalue weighted by Gasteiger charge is -2.30. The number of ether oxygens (including phenoxy) is 1. The molecule has 1 aromatic carbocycles. The van der Waals surface area contributed by atoms with Crippen molar-refractivity contribution in [2.75, 3.05) is 0 Å². The summed E-state index contributed by atoms with van der Waals surface area (Å²) in [6, 6.07) is 5.22. The van der Waals surface area contributed by atoms with E-state index in [2.05, 4.69) is 22.2 Å². The number of nitrogens with zero attached hydrogens (tertiary/aromatic N) is 2. The molecular formula is C21H27N3O3. The summed E-state index contributed by atoms with van der Waals surface area (Å²) in [5.41, 5.74) is 3.42. The lowest BCUT2D eigenvalue weighted by molar-refractivity contribution is -0.130. The molecule has 0 saturated heterocycles. The number of esters is 1. The van der Waals surface area contributed by atoms with E-state index in [1.165, 1.54) is 6.42 Å². The molecule has 1 N–H and O–H groups in total. The summed E-state index contributed by atoms with van der Waals surface area (Å²) in [6.07, 6.45) is 3.60. The van der Waals surface area contributed by atoms with Crippen LogP contribution in [0.1, 0.15) is 61.3 Å². The van der Waals surface area contributed by atoms with Gasteiger partial charge in [0, 0.05) is 6.04 Å². The first-order valence-corrected chi connectivity index (χ1v) is 9.61. The Hall–Kier alpha value is -2.50. The molecule has 1 heterocycles. The van der Waals surface area contributed by atoms with Crippen molar-refractivity contribution < 1.29 is 14.3 Å². The first-order chi connectivity index (χ1) is 12.8. The molecule has 0 radical (unpaired) electrons. The van der Waals surface area contributed by atoms with Gasteiger partial charge in [0.1, 0.15) is 0 Å². The van der Waals surface area contributed by atoms with Gasteiger partial charge in [0.25, 0.3) is 5.91 Å². The third-order valence-corrected chi connectivity index (χ3v) is 5.40. The normalized spacial score (nSPS) is 20.9. The summed E-state index contributed by atoms with van der Waals surface area (Å²) < 4.78 is 5.38. The largest absolute Gasteiger partial charge is 0.449 e. The van der Waals surface area contributed by atoms with E-state index in [1.54, 1.807) is 25.1 Å². The van der Waals surface area contributed by atoms with Crippen LogP contribution >= 0.6 is 0 Å². The highest BCUT2D eigenvalue weighted by Crippen LogP contribution is 2.24. The summed E-state index contributed by atoms with van der Waals surface area (Å²) in [6.45, 7) is 7.54. The van der Waals surface area contributed by atoms with Crippen LogP contribution in [0, 0.1) is 19.8 Å². The third kappa shape index (κ3) is 4.43. The topological polar surface area (TPSA) is 81.2 Å². The van der Waals surface area contributed by atoms with Crippen LogP contribution in [0.2, 0.25) is 0 Å². The highest BCUT2D eigenvalue weighted by molar-refractivity contribution is 5.95. The van der Waals surface area contributed by atoms with Crippen LogP contribution in [0.25, 0.3) is 11.0 Å². The first kappa shape index (κ1) is 19.3. The van der Waals surface area contributed by atoms with Gasteiger partial charge in [-0.2, -0.15) is 0 Å². The summed E-state index contributed by atoms with van der Waals surface area (Å²) in [7, 11) is 0. The van der Waals surface area contributed by atoms with Crippen LogP contribution in [0.3, 0.4) is 0 Å². The molecule has 144 valence electrons. The number of nitrogens with one attached hydrogen (secondary N) is 1. The number of benzene rings is 1. The zero-order chi connectivity index (χ0) is 19.6. The fourth-order valence-electron chi connectivity index (χ4n) is 3.47. The number of amides is 1. The predicted octanol–water partition coefficient (Wildman–Crippen LogP) is 3.49. The Balaban J connectivity index is 1.66. The van der Waals surface area contributed by atoms with Crippen molar-refractivity contribution in [3.8, 4) is 0 Å². The van der Waals surface area contributed by atoms with E-state index in [9.17, 15) is 9.59 Å². The second-order valence-electron chi connectivity index (χ2n) is 7.52. The van der Waals surface area contributed by atoms with Crippen LogP contribution in [-0.2, 0) is 9.53 Å². The third-order valence-electron chi connectivity index (χ3n) is 5.40. The number of aromatic nitrogens is 2. The Morgan fingerprint density at radius 2 is 1.78 bits per heavy atom. The van der Waals surface area contributed by atoms with E-state index in [-0.39, 0.29) is 11.9 Å². The Morgan fingerprint density at radius 3 is 2.48 bits per heavy atom. The van der Waals surface area contributed by atoms with Crippen LogP contribution in [0.5, 0.6) is 0 Å². The Morgan fingerprint density at radius 1 is 1.11 bits per heavy atom. The summed E-state index contributed by atoms with van der Waals surface area (Å²) in [5.74, 6) is -0.318. The second kappa shape index (κ2) is 8.03. The molecule has 3 rings (SSSR count). The van der Waals surface area contributed by atoms with E-state index < -0.39 is 12.1 Å². The van der Waals surface area contributed by atoms with Crippen molar-refractivity contribution in [3.05, 3.63) is 35.2 Å². The van der Waals surface area contributed by atoms with Gasteiger partial charge in [-0.3, -0.25) is 4.79 Å². The molecule has 2 aromatic rings. The lowest BCUT2D eigenvalue weighted by Crippen LogP contribution is -2.45.